The van der Waals surface area contributed by atoms with Crippen molar-refractivity contribution in [3.05, 3.63) is 194 Å². The van der Waals surface area contributed by atoms with Crippen LogP contribution < -0.4 is 0 Å². The molecule has 0 atom stereocenters. The normalized spacial score (nSPS) is 12.1. The predicted octanol–water partition coefficient (Wildman–Crippen LogP) is 15.4. The maximum atomic E-state index is 2.51. The van der Waals surface area contributed by atoms with E-state index in [1.54, 1.807) is 0 Å². The molecule has 0 aliphatic heterocycles. The summed E-state index contributed by atoms with van der Waals surface area (Å²) in [4.78, 5) is 0. The van der Waals surface area contributed by atoms with Crippen LogP contribution in [-0.4, -0.2) is 0 Å². The molecular weight excluding hydrogens is 649 g/mol. The number of hydrogen-bond donors (Lipinski definition) is 0. The molecule has 248 valence electrons. The van der Waals surface area contributed by atoms with Crippen molar-refractivity contribution in [1.82, 2.24) is 0 Å². The maximum absolute atomic E-state index is 2.51. The molecule has 54 heavy (non-hydrogen) atoms. The molecule has 0 unspecified atom stereocenters. The summed E-state index contributed by atoms with van der Waals surface area (Å²) in [7, 11) is 0. The van der Waals surface area contributed by atoms with E-state index < -0.39 is 0 Å². The molecule has 0 bridgehead atoms. The Morgan fingerprint density at radius 3 is 1.26 bits per heavy atom. The van der Waals surface area contributed by atoms with Gasteiger partial charge in [-0.05, 0) is 131 Å². The van der Waals surface area contributed by atoms with Crippen molar-refractivity contribution in [3.63, 3.8) is 0 Å². The second kappa shape index (κ2) is 11.2. The summed E-state index contributed by atoms with van der Waals surface area (Å²) < 4.78 is 0. The van der Waals surface area contributed by atoms with Crippen molar-refractivity contribution in [2.75, 3.05) is 0 Å². The summed E-state index contributed by atoms with van der Waals surface area (Å²) in [5, 5.41) is 23.1. The first-order valence-corrected chi connectivity index (χ1v) is 18.9. The van der Waals surface area contributed by atoms with Gasteiger partial charge in [0.05, 0.1) is 0 Å². The second-order valence-corrected chi connectivity index (χ2v) is 14.7. The van der Waals surface area contributed by atoms with Gasteiger partial charge in [-0.3, -0.25) is 0 Å². The van der Waals surface area contributed by atoms with Crippen LogP contribution in [0, 0.1) is 0 Å². The van der Waals surface area contributed by atoms with Crippen molar-refractivity contribution in [2.24, 2.45) is 0 Å². The minimum Gasteiger partial charge on any atom is -0.0616 e. The van der Waals surface area contributed by atoms with Crippen molar-refractivity contribution < 1.29 is 0 Å². The third-order valence-corrected chi connectivity index (χ3v) is 12.0. The van der Waals surface area contributed by atoms with E-state index in [9.17, 15) is 0 Å². The Balaban J connectivity index is 1.33. The monoisotopic (exact) mass is 680 g/mol. The van der Waals surface area contributed by atoms with Gasteiger partial charge in [-0.25, -0.2) is 0 Å². The van der Waals surface area contributed by atoms with Crippen LogP contribution >= 0.6 is 0 Å². The van der Waals surface area contributed by atoms with Crippen LogP contribution in [0.1, 0.15) is 0 Å². The summed E-state index contributed by atoms with van der Waals surface area (Å²) in [6.07, 6.45) is 0. The van der Waals surface area contributed by atoms with Crippen LogP contribution in [0.3, 0.4) is 0 Å². The van der Waals surface area contributed by atoms with Gasteiger partial charge in [-0.15, -0.1) is 0 Å². The molecule has 0 nitrogen and oxygen atoms in total. The van der Waals surface area contributed by atoms with Crippen LogP contribution in [0.4, 0.5) is 0 Å². The Kier molecular flexibility index (Phi) is 6.15. The number of hydrogen-bond acceptors (Lipinski definition) is 0. The molecule has 0 heteroatoms. The summed E-state index contributed by atoms with van der Waals surface area (Å²) in [5.74, 6) is 0. The first-order chi connectivity index (χ1) is 26.8. The lowest BCUT2D eigenvalue weighted by Gasteiger charge is -2.22. The second-order valence-electron chi connectivity index (χ2n) is 14.7. The molecule has 0 heterocycles. The smallest absolute Gasteiger partial charge is 0.00137 e. The average Bonchev–Trinajstić information content (AvgIpc) is 3.25. The average molecular weight is 681 g/mol. The van der Waals surface area contributed by atoms with Gasteiger partial charge in [-0.2, -0.15) is 0 Å². The van der Waals surface area contributed by atoms with Crippen LogP contribution in [0.15, 0.2) is 194 Å². The van der Waals surface area contributed by atoms with E-state index in [1.807, 2.05) is 0 Å². The quantitative estimate of drug-likeness (QED) is 0.126. The molecule has 0 radical (unpaired) electrons. The van der Waals surface area contributed by atoms with E-state index in [2.05, 4.69) is 194 Å². The van der Waals surface area contributed by atoms with Crippen LogP contribution in [-0.2, 0) is 0 Å². The van der Waals surface area contributed by atoms with Gasteiger partial charge in [0.2, 0.25) is 0 Å². The highest BCUT2D eigenvalue weighted by atomic mass is 14.3. The van der Waals surface area contributed by atoms with Gasteiger partial charge in [0.1, 0.15) is 0 Å². The van der Waals surface area contributed by atoms with Crippen LogP contribution in [0.25, 0.3) is 119 Å². The predicted molar refractivity (Wildman–Crippen MR) is 235 cm³/mol. The first kappa shape index (κ1) is 29.5. The molecule has 12 aromatic rings. The van der Waals surface area contributed by atoms with Crippen molar-refractivity contribution >= 4 is 97.0 Å². The van der Waals surface area contributed by atoms with Crippen molar-refractivity contribution in [3.8, 4) is 22.3 Å². The number of benzene rings is 12. The number of rotatable bonds is 2. The van der Waals surface area contributed by atoms with E-state index >= 15 is 0 Å². The minimum absolute atomic E-state index is 1.25. The number of fused-ring (bicyclic) bond motifs is 15. The molecule has 0 aliphatic rings. The highest BCUT2D eigenvalue weighted by molar-refractivity contribution is 6.36. The lowest BCUT2D eigenvalue weighted by molar-refractivity contribution is 1.71. The fraction of sp³-hybridized carbons (Fsp3) is 0. The van der Waals surface area contributed by atoms with Crippen LogP contribution in [0.5, 0.6) is 0 Å². The van der Waals surface area contributed by atoms with E-state index in [4.69, 9.17) is 0 Å². The Hall–Kier alpha value is -7.02. The maximum Gasteiger partial charge on any atom is -0.00137 e. The van der Waals surface area contributed by atoms with Crippen molar-refractivity contribution in [2.45, 2.75) is 0 Å². The van der Waals surface area contributed by atoms with E-state index in [-0.39, 0.29) is 0 Å². The first-order valence-electron chi connectivity index (χ1n) is 18.9. The molecule has 12 aromatic carbocycles. The van der Waals surface area contributed by atoms with Gasteiger partial charge in [-0.1, -0.05) is 182 Å². The Morgan fingerprint density at radius 2 is 0.593 bits per heavy atom. The van der Waals surface area contributed by atoms with Gasteiger partial charge in [0.15, 0.2) is 0 Å². The molecule has 0 aliphatic carbocycles. The topological polar surface area (TPSA) is 0 Å². The summed E-state index contributed by atoms with van der Waals surface area (Å²) in [6.45, 7) is 0. The zero-order chi connectivity index (χ0) is 35.3. The standard InChI is InChI=1S/C54H32/c1-4-18-36-33(15-1)29-30-47-52(50-32-49-41-23-8-6-20-38(41)39-21-9-11-25-43(39)51(49)44-26-12-10-24-42(44)50)45-27-13-14-28-46(45)54(53(36)47)48-31-34-16-2-3-17-35(34)37-19-5-7-22-40(37)48/h1-32H. The van der Waals surface area contributed by atoms with Gasteiger partial charge in [0, 0.05) is 0 Å². The molecule has 0 spiro atoms. The lowest BCUT2D eigenvalue weighted by atomic mass is 9.80. The molecule has 0 saturated heterocycles. The van der Waals surface area contributed by atoms with E-state index in [0.717, 1.165) is 0 Å². The highest BCUT2D eigenvalue weighted by Gasteiger charge is 2.23. The summed E-state index contributed by atoms with van der Waals surface area (Å²) >= 11 is 0. The molecule has 12 rings (SSSR count). The highest BCUT2D eigenvalue weighted by Crippen LogP contribution is 2.51. The summed E-state index contributed by atoms with van der Waals surface area (Å²) in [6, 6.07) is 72.5. The zero-order valence-corrected chi connectivity index (χ0v) is 29.5. The fourth-order valence-corrected chi connectivity index (χ4v) is 9.75. The summed E-state index contributed by atoms with van der Waals surface area (Å²) in [5.41, 5.74) is 5.12. The third kappa shape index (κ3) is 4.03. The minimum atomic E-state index is 1.25. The van der Waals surface area contributed by atoms with Gasteiger partial charge >= 0.3 is 0 Å². The molecule has 0 N–H and O–H groups in total. The Labute approximate surface area is 312 Å². The molecule has 0 saturated carbocycles. The van der Waals surface area contributed by atoms with E-state index in [0.29, 0.717) is 0 Å². The van der Waals surface area contributed by atoms with Gasteiger partial charge in [0.25, 0.3) is 0 Å². The van der Waals surface area contributed by atoms with Gasteiger partial charge < -0.3 is 0 Å². The lowest BCUT2D eigenvalue weighted by Crippen LogP contribution is -1.95. The SMILES string of the molecule is c1ccc2c(c1)cc(-c1c3ccccc3c(-c3cc4c5ccccc5c5ccccc5c4c4ccccc34)c3ccc4ccccc4c13)c1ccccc12. The largest absolute Gasteiger partial charge is 0.0616 e. The fourth-order valence-electron chi connectivity index (χ4n) is 9.75. The zero-order valence-electron chi connectivity index (χ0n) is 29.5. The van der Waals surface area contributed by atoms with Crippen LogP contribution in [0.2, 0.25) is 0 Å². The Bertz CT molecular complexity index is 3550. The van der Waals surface area contributed by atoms with Crippen molar-refractivity contribution in [1.29, 1.82) is 0 Å². The third-order valence-electron chi connectivity index (χ3n) is 12.0. The molecule has 0 fully saturated rings. The molecule has 0 amide bonds. The van der Waals surface area contributed by atoms with E-state index in [1.165, 1.54) is 119 Å². The molecular formula is C54H32. The Morgan fingerprint density at radius 1 is 0.185 bits per heavy atom. The molecule has 0 aromatic heterocycles.